The standard InChI is InChI=1S/C13H14N2O/c1-3-10-6-4-5-7-11(10)13-14-9(2)8-12(16)15-13/h4-8H,3H2,1-2H3,(H,14,15,16). The predicted octanol–water partition coefficient (Wildman–Crippen LogP) is 2.31. The van der Waals surface area contributed by atoms with Crippen molar-refractivity contribution in [2.75, 3.05) is 0 Å². The highest BCUT2D eigenvalue weighted by Crippen LogP contribution is 2.19. The molecule has 16 heavy (non-hydrogen) atoms. The van der Waals surface area contributed by atoms with E-state index in [2.05, 4.69) is 23.0 Å². The Labute approximate surface area is 94.2 Å². The van der Waals surface area contributed by atoms with Gasteiger partial charge in [-0.15, -0.1) is 0 Å². The van der Waals surface area contributed by atoms with Gasteiger partial charge in [-0.05, 0) is 18.9 Å². The van der Waals surface area contributed by atoms with E-state index in [-0.39, 0.29) is 5.56 Å². The lowest BCUT2D eigenvalue weighted by molar-refractivity contribution is 1.05. The summed E-state index contributed by atoms with van der Waals surface area (Å²) in [5.41, 5.74) is 2.83. The van der Waals surface area contributed by atoms with E-state index < -0.39 is 0 Å². The number of rotatable bonds is 2. The first kappa shape index (κ1) is 10.6. The topological polar surface area (TPSA) is 45.8 Å². The molecule has 0 aliphatic rings. The monoisotopic (exact) mass is 214 g/mol. The van der Waals surface area contributed by atoms with Crippen LogP contribution in [-0.2, 0) is 6.42 Å². The minimum Gasteiger partial charge on any atom is -0.307 e. The molecule has 0 radical (unpaired) electrons. The Morgan fingerprint density at radius 2 is 2.06 bits per heavy atom. The Kier molecular flexibility index (Phi) is 2.86. The third-order valence-electron chi connectivity index (χ3n) is 2.52. The Hall–Kier alpha value is -1.90. The minimum absolute atomic E-state index is 0.103. The van der Waals surface area contributed by atoms with Gasteiger partial charge in [-0.1, -0.05) is 31.2 Å². The highest BCUT2D eigenvalue weighted by atomic mass is 16.1. The number of hydrogen-bond acceptors (Lipinski definition) is 2. The van der Waals surface area contributed by atoms with Gasteiger partial charge in [-0.25, -0.2) is 4.98 Å². The number of nitrogens with one attached hydrogen (secondary N) is 1. The molecule has 0 bridgehead atoms. The molecule has 0 aliphatic heterocycles. The van der Waals surface area contributed by atoms with Crippen molar-refractivity contribution >= 4 is 0 Å². The fourth-order valence-electron chi connectivity index (χ4n) is 1.77. The second kappa shape index (κ2) is 4.31. The van der Waals surface area contributed by atoms with Crippen LogP contribution in [0, 0.1) is 6.92 Å². The molecule has 2 rings (SSSR count). The highest BCUT2D eigenvalue weighted by molar-refractivity contribution is 5.59. The van der Waals surface area contributed by atoms with Gasteiger partial charge in [0.05, 0.1) is 0 Å². The van der Waals surface area contributed by atoms with E-state index in [1.807, 2.05) is 25.1 Å². The van der Waals surface area contributed by atoms with Crippen LogP contribution in [0.2, 0.25) is 0 Å². The Balaban J connectivity index is 2.62. The first-order valence-corrected chi connectivity index (χ1v) is 5.37. The van der Waals surface area contributed by atoms with Crippen LogP contribution in [0.15, 0.2) is 35.1 Å². The van der Waals surface area contributed by atoms with Gasteiger partial charge >= 0.3 is 0 Å². The smallest absolute Gasteiger partial charge is 0.251 e. The fraction of sp³-hybridized carbons (Fsp3) is 0.231. The molecule has 1 aromatic heterocycles. The number of nitrogens with zero attached hydrogens (tertiary/aromatic N) is 1. The van der Waals surface area contributed by atoms with E-state index in [1.165, 1.54) is 11.6 Å². The van der Waals surface area contributed by atoms with Crippen LogP contribution in [0.1, 0.15) is 18.2 Å². The summed E-state index contributed by atoms with van der Waals surface area (Å²) in [4.78, 5) is 18.5. The van der Waals surface area contributed by atoms with E-state index in [1.54, 1.807) is 0 Å². The Morgan fingerprint density at radius 1 is 1.31 bits per heavy atom. The number of aromatic nitrogens is 2. The summed E-state index contributed by atoms with van der Waals surface area (Å²) < 4.78 is 0. The predicted molar refractivity (Wildman–Crippen MR) is 64.4 cm³/mol. The molecule has 1 aromatic carbocycles. The normalized spacial score (nSPS) is 10.4. The zero-order chi connectivity index (χ0) is 11.5. The molecule has 0 spiro atoms. The minimum atomic E-state index is -0.103. The van der Waals surface area contributed by atoms with Crippen molar-refractivity contribution in [1.29, 1.82) is 0 Å². The van der Waals surface area contributed by atoms with Crippen molar-refractivity contribution in [3.8, 4) is 11.4 Å². The number of aryl methyl sites for hydroxylation is 2. The lowest BCUT2D eigenvalue weighted by Crippen LogP contribution is -2.09. The molecule has 3 nitrogen and oxygen atoms in total. The third kappa shape index (κ3) is 2.03. The molecule has 2 aromatic rings. The molecule has 1 N–H and O–H groups in total. The van der Waals surface area contributed by atoms with E-state index in [0.717, 1.165) is 17.7 Å². The SMILES string of the molecule is CCc1ccccc1-c1nc(C)cc(=O)[nH]1. The molecular formula is C13H14N2O. The van der Waals surface area contributed by atoms with Crippen LogP contribution in [-0.4, -0.2) is 9.97 Å². The molecular weight excluding hydrogens is 200 g/mol. The maximum Gasteiger partial charge on any atom is 0.251 e. The molecule has 1 heterocycles. The molecule has 0 unspecified atom stereocenters. The number of aromatic amines is 1. The van der Waals surface area contributed by atoms with Crippen molar-refractivity contribution < 1.29 is 0 Å². The zero-order valence-corrected chi connectivity index (χ0v) is 9.45. The Morgan fingerprint density at radius 3 is 2.75 bits per heavy atom. The summed E-state index contributed by atoms with van der Waals surface area (Å²) in [5, 5.41) is 0. The van der Waals surface area contributed by atoms with Crippen molar-refractivity contribution in [1.82, 2.24) is 9.97 Å². The van der Waals surface area contributed by atoms with Crippen molar-refractivity contribution in [2.24, 2.45) is 0 Å². The van der Waals surface area contributed by atoms with Crippen LogP contribution in [0.5, 0.6) is 0 Å². The molecule has 0 saturated carbocycles. The average molecular weight is 214 g/mol. The summed E-state index contributed by atoms with van der Waals surface area (Å²) in [6.07, 6.45) is 0.924. The molecule has 82 valence electrons. The van der Waals surface area contributed by atoms with Gasteiger partial charge < -0.3 is 4.98 Å². The van der Waals surface area contributed by atoms with Crippen LogP contribution in [0.25, 0.3) is 11.4 Å². The van der Waals surface area contributed by atoms with E-state index in [4.69, 9.17) is 0 Å². The summed E-state index contributed by atoms with van der Waals surface area (Å²) in [5.74, 6) is 0.655. The van der Waals surface area contributed by atoms with Crippen LogP contribution >= 0.6 is 0 Å². The maximum absolute atomic E-state index is 11.4. The second-order valence-corrected chi connectivity index (χ2v) is 3.75. The number of benzene rings is 1. The molecule has 0 amide bonds. The van der Waals surface area contributed by atoms with Gasteiger partial charge in [-0.3, -0.25) is 4.79 Å². The van der Waals surface area contributed by atoms with Crippen LogP contribution in [0.3, 0.4) is 0 Å². The van der Waals surface area contributed by atoms with Crippen LogP contribution in [0.4, 0.5) is 0 Å². The molecule has 3 heteroatoms. The first-order chi connectivity index (χ1) is 7.70. The zero-order valence-electron chi connectivity index (χ0n) is 9.45. The van der Waals surface area contributed by atoms with Crippen molar-refractivity contribution in [3.63, 3.8) is 0 Å². The Bertz CT molecular complexity index is 558. The number of H-pyrrole nitrogens is 1. The van der Waals surface area contributed by atoms with E-state index in [0.29, 0.717) is 5.82 Å². The van der Waals surface area contributed by atoms with Gasteiger partial charge in [-0.2, -0.15) is 0 Å². The van der Waals surface area contributed by atoms with Gasteiger partial charge in [0.15, 0.2) is 0 Å². The van der Waals surface area contributed by atoms with Crippen LogP contribution < -0.4 is 5.56 Å². The highest BCUT2D eigenvalue weighted by Gasteiger charge is 2.05. The summed E-state index contributed by atoms with van der Waals surface area (Å²) in [6.45, 7) is 3.92. The van der Waals surface area contributed by atoms with Crippen molar-refractivity contribution in [2.45, 2.75) is 20.3 Å². The second-order valence-electron chi connectivity index (χ2n) is 3.75. The summed E-state index contributed by atoms with van der Waals surface area (Å²) >= 11 is 0. The fourth-order valence-corrected chi connectivity index (χ4v) is 1.77. The summed E-state index contributed by atoms with van der Waals surface area (Å²) in [7, 11) is 0. The van der Waals surface area contributed by atoms with Crippen molar-refractivity contribution in [3.05, 3.63) is 51.9 Å². The lowest BCUT2D eigenvalue weighted by atomic mass is 10.0. The molecule has 0 atom stereocenters. The molecule has 0 fully saturated rings. The summed E-state index contributed by atoms with van der Waals surface area (Å²) in [6, 6.07) is 9.49. The van der Waals surface area contributed by atoms with Gasteiger partial charge in [0, 0.05) is 17.3 Å². The average Bonchev–Trinajstić information content (AvgIpc) is 2.27. The first-order valence-electron chi connectivity index (χ1n) is 5.37. The van der Waals surface area contributed by atoms with Gasteiger partial charge in [0.2, 0.25) is 0 Å². The largest absolute Gasteiger partial charge is 0.307 e. The quantitative estimate of drug-likeness (QED) is 0.833. The number of hydrogen-bond donors (Lipinski definition) is 1. The molecule has 0 aliphatic carbocycles. The third-order valence-corrected chi connectivity index (χ3v) is 2.52. The van der Waals surface area contributed by atoms with E-state index >= 15 is 0 Å². The van der Waals surface area contributed by atoms with Gasteiger partial charge in [0.1, 0.15) is 5.82 Å². The lowest BCUT2D eigenvalue weighted by Gasteiger charge is -2.06. The molecule has 0 saturated heterocycles. The maximum atomic E-state index is 11.4. The van der Waals surface area contributed by atoms with E-state index in [9.17, 15) is 4.79 Å². The van der Waals surface area contributed by atoms with Gasteiger partial charge in [0.25, 0.3) is 5.56 Å².